The van der Waals surface area contributed by atoms with Crippen molar-refractivity contribution >= 4 is 56.8 Å². The summed E-state index contributed by atoms with van der Waals surface area (Å²) in [6, 6.07) is 52.9. The Labute approximate surface area is 297 Å². The van der Waals surface area contributed by atoms with Gasteiger partial charge in [0.05, 0.1) is 5.41 Å². The molecule has 51 heavy (non-hydrogen) atoms. The van der Waals surface area contributed by atoms with Crippen LogP contribution >= 0.6 is 18.9 Å². The Kier molecular flexibility index (Phi) is 6.36. The van der Waals surface area contributed by atoms with Gasteiger partial charge in [-0.05, 0) is 75.8 Å². The molecule has 0 saturated heterocycles. The van der Waals surface area contributed by atoms with Crippen LogP contribution in [0.3, 0.4) is 0 Å². The Hall–Kier alpha value is -6.17. The number of fused-ring (bicyclic) bond motifs is 11. The maximum Gasteiger partial charge on any atom is 0.171 e. The minimum atomic E-state index is -3.42. The molecule has 8 aromatic rings. The standard InChI is InChI=1S/C44H24N3O2PS/c45-25-29-20-28(21-30(26-46)47-29)27-18-19-36-43(22-27)51-42-17-9-6-14-35(42)44(36)34-13-5-8-16-40(34)50(48,31-10-2-1-3-11-31)41-24-39-33(23-37(41)44)32-12-4-7-15-38(32)49-39/h1-24H. The molecule has 0 saturated carbocycles. The first-order valence-electron chi connectivity index (χ1n) is 16.5. The van der Waals surface area contributed by atoms with Crippen LogP contribution in [0.25, 0.3) is 33.1 Å². The van der Waals surface area contributed by atoms with Crippen LogP contribution in [0.4, 0.5) is 0 Å². The highest BCUT2D eigenvalue weighted by Gasteiger charge is 2.54. The lowest BCUT2D eigenvalue weighted by Crippen LogP contribution is -2.48. The van der Waals surface area contributed by atoms with Gasteiger partial charge in [0.25, 0.3) is 0 Å². The van der Waals surface area contributed by atoms with Crippen LogP contribution in [-0.2, 0) is 9.98 Å². The number of rotatable bonds is 2. The van der Waals surface area contributed by atoms with E-state index in [0.717, 1.165) is 75.4 Å². The Morgan fingerprint density at radius 3 is 2.06 bits per heavy atom. The summed E-state index contributed by atoms with van der Waals surface area (Å²) < 4.78 is 22.7. The molecule has 2 aliphatic heterocycles. The zero-order chi connectivity index (χ0) is 34.3. The molecule has 2 atom stereocenters. The molecule has 1 spiro atoms. The molecule has 2 unspecified atom stereocenters. The van der Waals surface area contributed by atoms with Crippen molar-refractivity contribution in [2.24, 2.45) is 0 Å². The lowest BCUT2D eigenvalue weighted by Gasteiger charge is -2.47. The van der Waals surface area contributed by atoms with Gasteiger partial charge in [-0.3, -0.25) is 0 Å². The van der Waals surface area contributed by atoms with Crippen LogP contribution < -0.4 is 15.9 Å². The van der Waals surface area contributed by atoms with Gasteiger partial charge in [-0.25, -0.2) is 4.98 Å². The number of furan rings is 1. The van der Waals surface area contributed by atoms with Crippen LogP contribution in [0.2, 0.25) is 0 Å². The van der Waals surface area contributed by atoms with Crippen molar-refractivity contribution in [1.82, 2.24) is 4.98 Å². The molecule has 4 heterocycles. The van der Waals surface area contributed by atoms with Crippen molar-refractivity contribution in [2.75, 3.05) is 0 Å². The SMILES string of the molecule is N#Cc1cc(-c2ccc3c(c2)Sc2ccccc2C32c3ccccc3P(=O)(c3ccccc3)c3cc4oc5ccccc5c4cc32)cc(C#N)n1. The average Bonchev–Trinajstić information content (AvgIpc) is 3.56. The van der Waals surface area contributed by atoms with Gasteiger partial charge in [0.1, 0.15) is 34.7 Å². The third kappa shape index (κ3) is 4.04. The average molecular weight is 690 g/mol. The first kappa shape index (κ1) is 29.7. The zero-order valence-electron chi connectivity index (χ0n) is 26.9. The molecule has 238 valence electrons. The van der Waals surface area contributed by atoms with Crippen molar-refractivity contribution in [2.45, 2.75) is 15.2 Å². The number of nitriles is 2. The first-order valence-corrected chi connectivity index (χ1v) is 19.0. The lowest BCUT2D eigenvalue weighted by molar-refractivity contribution is 0.589. The molecule has 0 bridgehead atoms. The summed E-state index contributed by atoms with van der Waals surface area (Å²) in [5, 5.41) is 23.7. The van der Waals surface area contributed by atoms with Crippen LogP contribution in [-0.4, -0.2) is 4.98 Å². The van der Waals surface area contributed by atoms with E-state index in [0.29, 0.717) is 5.58 Å². The predicted octanol–water partition coefficient (Wildman–Crippen LogP) is 9.19. The van der Waals surface area contributed by atoms with Crippen molar-refractivity contribution in [3.05, 3.63) is 179 Å². The normalized spacial score (nSPS) is 18.3. The third-order valence-corrected chi connectivity index (χ3v) is 14.6. The maximum absolute atomic E-state index is 16.2. The smallest absolute Gasteiger partial charge is 0.171 e. The van der Waals surface area contributed by atoms with Gasteiger partial charge in [0.2, 0.25) is 0 Å². The molecule has 2 aliphatic rings. The number of para-hydroxylation sites is 1. The van der Waals surface area contributed by atoms with Crippen LogP contribution in [0.5, 0.6) is 0 Å². The van der Waals surface area contributed by atoms with E-state index in [2.05, 4.69) is 83.9 Å². The summed E-state index contributed by atoms with van der Waals surface area (Å²) in [4.78, 5) is 6.29. The summed E-state index contributed by atoms with van der Waals surface area (Å²) in [5.41, 5.74) is 6.82. The second-order valence-electron chi connectivity index (χ2n) is 12.8. The Bertz CT molecular complexity index is 2890. The number of hydrogen-bond acceptors (Lipinski definition) is 6. The summed E-state index contributed by atoms with van der Waals surface area (Å²) in [6.07, 6.45) is 0. The van der Waals surface area contributed by atoms with Gasteiger partial charge in [0.15, 0.2) is 7.14 Å². The Morgan fingerprint density at radius 2 is 1.25 bits per heavy atom. The highest BCUT2D eigenvalue weighted by atomic mass is 32.2. The number of hydrogen-bond donors (Lipinski definition) is 0. The Morgan fingerprint density at radius 1 is 0.569 bits per heavy atom. The maximum atomic E-state index is 16.2. The van der Waals surface area contributed by atoms with E-state index >= 15 is 4.57 Å². The molecule has 0 radical (unpaired) electrons. The highest BCUT2D eigenvalue weighted by Crippen LogP contribution is 2.62. The van der Waals surface area contributed by atoms with Gasteiger partial charge in [0, 0.05) is 36.5 Å². The predicted molar refractivity (Wildman–Crippen MR) is 202 cm³/mol. The van der Waals surface area contributed by atoms with Crippen molar-refractivity contribution in [3.63, 3.8) is 0 Å². The summed E-state index contributed by atoms with van der Waals surface area (Å²) in [6.45, 7) is 0. The monoisotopic (exact) mass is 689 g/mol. The highest BCUT2D eigenvalue weighted by molar-refractivity contribution is 7.99. The summed E-state index contributed by atoms with van der Waals surface area (Å²) in [5.74, 6) is 0. The third-order valence-electron chi connectivity index (χ3n) is 10.3. The van der Waals surface area contributed by atoms with Crippen LogP contribution in [0.1, 0.15) is 33.6 Å². The summed E-state index contributed by atoms with van der Waals surface area (Å²) >= 11 is 1.70. The van der Waals surface area contributed by atoms with E-state index in [1.807, 2.05) is 66.7 Å². The van der Waals surface area contributed by atoms with Gasteiger partial charge in [-0.2, -0.15) is 10.5 Å². The van der Waals surface area contributed by atoms with Crippen LogP contribution in [0.15, 0.2) is 160 Å². The molecular formula is C44H24N3O2PS. The largest absolute Gasteiger partial charge is 0.456 e. The minimum Gasteiger partial charge on any atom is -0.456 e. The van der Waals surface area contributed by atoms with Gasteiger partial charge >= 0.3 is 0 Å². The van der Waals surface area contributed by atoms with Gasteiger partial charge in [-0.15, -0.1) is 0 Å². The van der Waals surface area contributed by atoms with E-state index < -0.39 is 12.6 Å². The first-order chi connectivity index (χ1) is 25.0. The second kappa shape index (κ2) is 10.9. The Balaban J connectivity index is 1.37. The molecular weight excluding hydrogens is 666 g/mol. The molecule has 10 rings (SSSR count). The number of aromatic nitrogens is 1. The summed E-state index contributed by atoms with van der Waals surface area (Å²) in [7, 11) is -3.42. The quantitative estimate of drug-likeness (QED) is 0.168. The van der Waals surface area contributed by atoms with Gasteiger partial charge < -0.3 is 8.98 Å². The fourth-order valence-electron chi connectivity index (χ4n) is 8.20. The molecule has 0 amide bonds. The molecule has 0 fully saturated rings. The second-order valence-corrected chi connectivity index (χ2v) is 16.6. The van der Waals surface area contributed by atoms with E-state index in [4.69, 9.17) is 4.42 Å². The van der Waals surface area contributed by atoms with Crippen molar-refractivity contribution in [3.8, 4) is 23.3 Å². The molecule has 5 nitrogen and oxygen atoms in total. The molecule has 0 N–H and O–H groups in total. The lowest BCUT2D eigenvalue weighted by atomic mass is 9.64. The number of nitrogens with zero attached hydrogens (tertiary/aromatic N) is 3. The van der Waals surface area contributed by atoms with Gasteiger partial charge in [-0.1, -0.05) is 115 Å². The van der Waals surface area contributed by atoms with E-state index in [1.54, 1.807) is 23.9 Å². The van der Waals surface area contributed by atoms with Crippen LogP contribution in [0, 0.1) is 22.7 Å². The fourth-order valence-corrected chi connectivity index (χ4v) is 12.6. The number of benzene rings is 6. The van der Waals surface area contributed by atoms with Crippen molar-refractivity contribution in [1.29, 1.82) is 10.5 Å². The van der Waals surface area contributed by atoms with E-state index in [1.165, 1.54) is 0 Å². The van der Waals surface area contributed by atoms with E-state index in [9.17, 15) is 10.5 Å². The minimum absolute atomic E-state index is 0.194. The molecule has 7 heteroatoms. The topological polar surface area (TPSA) is 90.7 Å². The zero-order valence-corrected chi connectivity index (χ0v) is 28.6. The molecule has 2 aromatic heterocycles. The fraction of sp³-hybridized carbons (Fsp3) is 0.0227. The van der Waals surface area contributed by atoms with Crippen molar-refractivity contribution < 1.29 is 8.98 Å². The number of pyridine rings is 1. The molecule has 6 aromatic carbocycles. The van der Waals surface area contributed by atoms with E-state index in [-0.39, 0.29) is 11.4 Å². The molecule has 0 aliphatic carbocycles.